The number of hydrogen-bond donors (Lipinski definition) is 1. The Bertz CT molecular complexity index is 611. The van der Waals surface area contributed by atoms with Gasteiger partial charge < -0.3 is 5.32 Å². The van der Waals surface area contributed by atoms with Crippen molar-refractivity contribution in [3.05, 3.63) is 63.3 Å². The third kappa shape index (κ3) is 3.07. The summed E-state index contributed by atoms with van der Waals surface area (Å²) in [5.74, 6) is 0.645. The standard InChI is InChI=1S/C14H15N3O2/c1-10-5-3-4-6-12(10)8-15-14-7-11(2)13(9-16-14)17(18)19/h3-7,9H,8H2,1-2H3,(H,15,16). The lowest BCUT2D eigenvalue weighted by Crippen LogP contribution is -2.04. The Hall–Kier alpha value is -2.43. The fraction of sp³-hybridized carbons (Fsp3) is 0.214. The molecule has 0 fully saturated rings. The van der Waals surface area contributed by atoms with Crippen molar-refractivity contribution in [1.29, 1.82) is 0 Å². The molecule has 98 valence electrons. The van der Waals surface area contributed by atoms with Gasteiger partial charge in [0.15, 0.2) is 0 Å². The van der Waals surface area contributed by atoms with Gasteiger partial charge in [0.1, 0.15) is 12.0 Å². The van der Waals surface area contributed by atoms with Crippen molar-refractivity contribution in [1.82, 2.24) is 4.98 Å². The van der Waals surface area contributed by atoms with Crippen molar-refractivity contribution in [2.45, 2.75) is 20.4 Å². The second-order valence-corrected chi connectivity index (χ2v) is 4.39. The van der Waals surface area contributed by atoms with E-state index in [0.29, 0.717) is 17.9 Å². The molecule has 2 rings (SSSR count). The van der Waals surface area contributed by atoms with E-state index in [2.05, 4.69) is 10.3 Å². The highest BCUT2D eigenvalue weighted by Crippen LogP contribution is 2.19. The number of hydrogen-bond acceptors (Lipinski definition) is 4. The van der Waals surface area contributed by atoms with Crippen molar-refractivity contribution < 1.29 is 4.92 Å². The first-order valence-corrected chi connectivity index (χ1v) is 5.97. The number of nitro groups is 1. The van der Waals surface area contributed by atoms with Crippen molar-refractivity contribution in [2.75, 3.05) is 5.32 Å². The highest BCUT2D eigenvalue weighted by Gasteiger charge is 2.11. The molecular formula is C14H15N3O2. The van der Waals surface area contributed by atoms with E-state index in [4.69, 9.17) is 0 Å². The molecule has 0 radical (unpaired) electrons. The topological polar surface area (TPSA) is 68.1 Å². The molecule has 1 aromatic heterocycles. The van der Waals surface area contributed by atoms with Gasteiger partial charge in [0.05, 0.1) is 4.92 Å². The van der Waals surface area contributed by atoms with Crippen LogP contribution in [0.5, 0.6) is 0 Å². The third-order valence-electron chi connectivity index (χ3n) is 3.00. The molecule has 0 aliphatic rings. The first-order valence-electron chi connectivity index (χ1n) is 5.97. The summed E-state index contributed by atoms with van der Waals surface area (Å²) in [6.07, 6.45) is 1.29. The van der Waals surface area contributed by atoms with Crippen LogP contribution < -0.4 is 5.32 Å². The highest BCUT2D eigenvalue weighted by molar-refractivity contribution is 5.47. The summed E-state index contributed by atoms with van der Waals surface area (Å²) in [6, 6.07) is 9.76. The Morgan fingerprint density at radius 2 is 2.00 bits per heavy atom. The van der Waals surface area contributed by atoms with Gasteiger partial charge in [0, 0.05) is 12.1 Å². The van der Waals surface area contributed by atoms with Crippen LogP contribution in [-0.2, 0) is 6.54 Å². The van der Waals surface area contributed by atoms with Crippen LogP contribution in [0.25, 0.3) is 0 Å². The molecule has 0 aliphatic carbocycles. The SMILES string of the molecule is Cc1ccccc1CNc1cc(C)c([N+](=O)[O-])cn1. The third-order valence-corrected chi connectivity index (χ3v) is 3.00. The summed E-state index contributed by atoms with van der Waals surface area (Å²) in [7, 11) is 0. The van der Waals surface area contributed by atoms with E-state index in [9.17, 15) is 10.1 Å². The van der Waals surface area contributed by atoms with E-state index in [0.717, 1.165) is 0 Å². The van der Waals surface area contributed by atoms with Gasteiger partial charge >= 0.3 is 0 Å². The molecule has 0 unspecified atom stereocenters. The molecule has 0 bridgehead atoms. The molecule has 1 aromatic carbocycles. The number of nitrogens with one attached hydrogen (secondary N) is 1. The number of benzene rings is 1. The van der Waals surface area contributed by atoms with Gasteiger partial charge in [0.2, 0.25) is 0 Å². The largest absolute Gasteiger partial charge is 0.366 e. The Balaban J connectivity index is 2.11. The second-order valence-electron chi connectivity index (χ2n) is 4.39. The van der Waals surface area contributed by atoms with Crippen LogP contribution in [0.3, 0.4) is 0 Å². The quantitative estimate of drug-likeness (QED) is 0.674. The molecule has 0 amide bonds. The summed E-state index contributed by atoms with van der Waals surface area (Å²) in [6.45, 7) is 4.40. The summed E-state index contributed by atoms with van der Waals surface area (Å²) < 4.78 is 0. The molecule has 0 saturated carbocycles. The lowest BCUT2D eigenvalue weighted by Gasteiger charge is -2.08. The van der Waals surface area contributed by atoms with Crippen molar-refractivity contribution in [3.63, 3.8) is 0 Å². The number of nitrogens with zero attached hydrogens (tertiary/aromatic N) is 2. The molecule has 2 aromatic rings. The van der Waals surface area contributed by atoms with Gasteiger partial charge in [-0.05, 0) is 31.0 Å². The molecule has 5 heteroatoms. The average molecular weight is 257 g/mol. The summed E-state index contributed by atoms with van der Waals surface area (Å²) in [4.78, 5) is 14.3. The number of anilines is 1. The molecule has 0 atom stereocenters. The van der Waals surface area contributed by atoms with E-state index in [1.807, 2.05) is 31.2 Å². The molecule has 0 spiro atoms. The summed E-state index contributed by atoms with van der Waals surface area (Å²) in [5.41, 5.74) is 3.03. The molecule has 19 heavy (non-hydrogen) atoms. The predicted molar refractivity (Wildman–Crippen MR) is 74.1 cm³/mol. The van der Waals surface area contributed by atoms with Crippen molar-refractivity contribution >= 4 is 11.5 Å². The number of aryl methyl sites for hydroxylation is 2. The second kappa shape index (κ2) is 5.48. The normalized spacial score (nSPS) is 10.2. The Labute approximate surface area is 111 Å². The maximum Gasteiger partial charge on any atom is 0.290 e. The number of rotatable bonds is 4. The van der Waals surface area contributed by atoms with Crippen LogP contribution >= 0.6 is 0 Å². The minimum absolute atomic E-state index is 0.0430. The minimum atomic E-state index is -0.423. The minimum Gasteiger partial charge on any atom is -0.366 e. The lowest BCUT2D eigenvalue weighted by atomic mass is 10.1. The molecule has 5 nitrogen and oxygen atoms in total. The van der Waals surface area contributed by atoms with Crippen LogP contribution in [0.15, 0.2) is 36.5 Å². The first kappa shape index (κ1) is 13.0. The van der Waals surface area contributed by atoms with E-state index in [-0.39, 0.29) is 5.69 Å². The van der Waals surface area contributed by atoms with Gasteiger partial charge in [-0.3, -0.25) is 10.1 Å². The maximum absolute atomic E-state index is 10.7. The van der Waals surface area contributed by atoms with Gasteiger partial charge in [-0.1, -0.05) is 24.3 Å². The fourth-order valence-corrected chi connectivity index (χ4v) is 1.83. The van der Waals surface area contributed by atoms with Crippen LogP contribution in [-0.4, -0.2) is 9.91 Å². The molecule has 0 saturated heterocycles. The molecule has 1 heterocycles. The van der Waals surface area contributed by atoms with E-state index in [1.165, 1.54) is 17.3 Å². The Morgan fingerprint density at radius 1 is 1.26 bits per heavy atom. The van der Waals surface area contributed by atoms with Gasteiger partial charge in [-0.15, -0.1) is 0 Å². The van der Waals surface area contributed by atoms with Gasteiger partial charge in [0.25, 0.3) is 5.69 Å². The summed E-state index contributed by atoms with van der Waals surface area (Å²) >= 11 is 0. The van der Waals surface area contributed by atoms with Crippen LogP contribution in [0.1, 0.15) is 16.7 Å². The molecule has 1 N–H and O–H groups in total. The van der Waals surface area contributed by atoms with Crippen molar-refractivity contribution in [3.8, 4) is 0 Å². The van der Waals surface area contributed by atoms with E-state index < -0.39 is 4.92 Å². The number of pyridine rings is 1. The van der Waals surface area contributed by atoms with Crippen LogP contribution in [0.4, 0.5) is 11.5 Å². The highest BCUT2D eigenvalue weighted by atomic mass is 16.6. The number of aromatic nitrogens is 1. The average Bonchev–Trinajstić information content (AvgIpc) is 2.37. The zero-order valence-electron chi connectivity index (χ0n) is 10.9. The molecular weight excluding hydrogens is 242 g/mol. The van der Waals surface area contributed by atoms with Crippen LogP contribution in [0.2, 0.25) is 0 Å². The lowest BCUT2D eigenvalue weighted by molar-refractivity contribution is -0.385. The Morgan fingerprint density at radius 3 is 2.63 bits per heavy atom. The van der Waals surface area contributed by atoms with E-state index in [1.54, 1.807) is 13.0 Å². The smallest absolute Gasteiger partial charge is 0.290 e. The zero-order valence-corrected chi connectivity index (χ0v) is 10.9. The maximum atomic E-state index is 10.7. The Kier molecular flexibility index (Phi) is 3.75. The van der Waals surface area contributed by atoms with Gasteiger partial charge in [-0.2, -0.15) is 0 Å². The fourth-order valence-electron chi connectivity index (χ4n) is 1.83. The van der Waals surface area contributed by atoms with Crippen LogP contribution in [0, 0.1) is 24.0 Å². The zero-order chi connectivity index (χ0) is 13.8. The predicted octanol–water partition coefficient (Wildman–Crippen LogP) is 3.22. The van der Waals surface area contributed by atoms with Gasteiger partial charge in [-0.25, -0.2) is 4.98 Å². The summed E-state index contributed by atoms with van der Waals surface area (Å²) in [5, 5.41) is 13.9. The van der Waals surface area contributed by atoms with Crippen molar-refractivity contribution in [2.24, 2.45) is 0 Å². The molecule has 0 aliphatic heterocycles. The van der Waals surface area contributed by atoms with E-state index >= 15 is 0 Å². The first-order chi connectivity index (χ1) is 9.08. The monoisotopic (exact) mass is 257 g/mol.